The summed E-state index contributed by atoms with van der Waals surface area (Å²) < 4.78 is 5.25. The van der Waals surface area contributed by atoms with E-state index in [0.717, 1.165) is 0 Å². The van der Waals surface area contributed by atoms with Crippen LogP contribution in [0.25, 0.3) is 0 Å². The number of nitrogens with one attached hydrogen (secondary N) is 1. The summed E-state index contributed by atoms with van der Waals surface area (Å²) in [6.07, 6.45) is -0.560. The number of rotatable bonds is 2. The normalized spacial score (nSPS) is 19.4. The zero-order chi connectivity index (χ0) is 12.6. The molecule has 0 amide bonds. The molecule has 1 aliphatic rings. The van der Waals surface area contributed by atoms with E-state index in [0.29, 0.717) is 10.6 Å². The highest BCUT2D eigenvalue weighted by molar-refractivity contribution is 7.82. The van der Waals surface area contributed by atoms with Crippen LogP contribution >= 0.6 is 12.2 Å². The summed E-state index contributed by atoms with van der Waals surface area (Å²) in [6, 6.07) is 6.11. The lowest BCUT2D eigenvalue weighted by Crippen LogP contribution is -2.23. The van der Waals surface area contributed by atoms with Gasteiger partial charge < -0.3 is 9.64 Å². The molecule has 0 spiro atoms. The highest BCUT2D eigenvalue weighted by Crippen LogP contribution is 2.29. The van der Waals surface area contributed by atoms with E-state index in [1.807, 2.05) is 0 Å². The molecule has 1 aliphatic heterocycles. The summed E-state index contributed by atoms with van der Waals surface area (Å²) in [4.78, 5) is 12.1. The van der Waals surface area contributed by atoms with Crippen LogP contribution in [0.4, 0.5) is 5.69 Å². The Hall–Kier alpha value is -2.02. The third-order valence-electron chi connectivity index (χ3n) is 2.46. The van der Waals surface area contributed by atoms with Gasteiger partial charge in [-0.1, -0.05) is 24.4 Å². The predicted octanol–water partition coefficient (Wildman–Crippen LogP) is 1.86. The molecule has 1 aromatic carbocycles. The molecule has 6 nitrogen and oxygen atoms in total. The van der Waals surface area contributed by atoms with Gasteiger partial charge in [0.25, 0.3) is 5.69 Å². The van der Waals surface area contributed by atoms with Crippen molar-refractivity contribution < 1.29 is 9.66 Å². The number of nitro groups is 1. The second kappa shape index (κ2) is 4.10. The molecule has 0 radical (unpaired) electrons. The van der Waals surface area contributed by atoms with Crippen LogP contribution in [-0.4, -0.2) is 27.8 Å². The van der Waals surface area contributed by atoms with Crippen LogP contribution in [0.5, 0.6) is 0 Å². The molecule has 1 atom stereocenters. The van der Waals surface area contributed by atoms with Crippen molar-refractivity contribution in [2.75, 3.05) is 7.05 Å². The van der Waals surface area contributed by atoms with Crippen molar-refractivity contribution in [1.82, 2.24) is 4.90 Å². The standard InChI is InChI=1S/C10H9N3O3S/c1-12-9(16-8(11)10(12)17)6-3-2-4-7(5-6)13(14)15/h2-5,9,11H,1H3/t9-/m1/s1. The maximum Gasteiger partial charge on any atom is 0.269 e. The Morgan fingerprint density at radius 2 is 2.29 bits per heavy atom. The SMILES string of the molecule is CN1C(=S)C(=N)O[C@@H]1c1cccc([N+](=O)[O-])c1. The summed E-state index contributed by atoms with van der Waals surface area (Å²) in [5, 5.41) is 18.1. The van der Waals surface area contributed by atoms with Gasteiger partial charge in [0.2, 0.25) is 12.1 Å². The zero-order valence-electron chi connectivity index (χ0n) is 8.91. The molecule has 1 aromatic rings. The third kappa shape index (κ3) is 1.96. The average molecular weight is 251 g/mol. The van der Waals surface area contributed by atoms with Crippen LogP contribution in [0.3, 0.4) is 0 Å². The van der Waals surface area contributed by atoms with E-state index in [9.17, 15) is 10.1 Å². The summed E-state index contributed by atoms with van der Waals surface area (Å²) in [6.45, 7) is 0. The van der Waals surface area contributed by atoms with E-state index in [-0.39, 0.29) is 11.6 Å². The first kappa shape index (κ1) is 11.5. The van der Waals surface area contributed by atoms with Crippen LogP contribution in [-0.2, 0) is 4.74 Å². The van der Waals surface area contributed by atoms with Crippen LogP contribution in [0.1, 0.15) is 11.8 Å². The third-order valence-corrected chi connectivity index (χ3v) is 2.94. The Labute approximate surface area is 102 Å². The van der Waals surface area contributed by atoms with Crippen molar-refractivity contribution in [1.29, 1.82) is 5.41 Å². The second-order valence-electron chi connectivity index (χ2n) is 3.57. The van der Waals surface area contributed by atoms with E-state index in [4.69, 9.17) is 22.4 Å². The number of hydrogen-bond acceptors (Lipinski definition) is 5. The van der Waals surface area contributed by atoms with Crippen molar-refractivity contribution >= 4 is 28.8 Å². The van der Waals surface area contributed by atoms with Crippen molar-refractivity contribution in [2.24, 2.45) is 0 Å². The van der Waals surface area contributed by atoms with Gasteiger partial charge in [-0.2, -0.15) is 0 Å². The van der Waals surface area contributed by atoms with Crippen LogP contribution < -0.4 is 0 Å². The van der Waals surface area contributed by atoms with E-state index >= 15 is 0 Å². The maximum absolute atomic E-state index is 10.7. The fourth-order valence-corrected chi connectivity index (χ4v) is 1.74. The van der Waals surface area contributed by atoms with Gasteiger partial charge in [-0.15, -0.1) is 0 Å². The van der Waals surface area contributed by atoms with Crippen LogP contribution in [0.15, 0.2) is 24.3 Å². The van der Waals surface area contributed by atoms with Gasteiger partial charge in [0.1, 0.15) is 0 Å². The van der Waals surface area contributed by atoms with Crippen molar-refractivity contribution in [3.63, 3.8) is 0 Å². The summed E-state index contributed by atoms with van der Waals surface area (Å²) in [7, 11) is 1.69. The smallest absolute Gasteiger partial charge is 0.269 e. The highest BCUT2D eigenvalue weighted by Gasteiger charge is 2.33. The molecular formula is C10H9N3O3S. The lowest BCUT2D eigenvalue weighted by molar-refractivity contribution is -0.385. The van der Waals surface area contributed by atoms with E-state index < -0.39 is 11.2 Å². The minimum absolute atomic E-state index is 0.0103. The Balaban J connectivity index is 2.35. The fourth-order valence-electron chi connectivity index (χ4n) is 1.59. The number of nitrogens with zero attached hydrogens (tertiary/aromatic N) is 2. The average Bonchev–Trinajstić information content (AvgIpc) is 2.57. The minimum Gasteiger partial charge on any atom is -0.447 e. The quantitative estimate of drug-likeness (QED) is 0.493. The molecule has 88 valence electrons. The number of likely N-dealkylation sites (N-methyl/N-ethyl adjacent to an activating group) is 1. The summed E-state index contributed by atoms with van der Waals surface area (Å²) in [5.41, 5.74) is 0.593. The first-order chi connectivity index (χ1) is 8.00. The molecule has 1 N–H and O–H groups in total. The van der Waals surface area contributed by atoms with Crippen molar-refractivity contribution in [3.05, 3.63) is 39.9 Å². The van der Waals surface area contributed by atoms with Gasteiger partial charge in [0.05, 0.1) is 4.92 Å². The van der Waals surface area contributed by atoms with Gasteiger partial charge in [0, 0.05) is 24.7 Å². The Morgan fingerprint density at radius 1 is 1.59 bits per heavy atom. The molecule has 1 heterocycles. The summed E-state index contributed by atoms with van der Waals surface area (Å²) >= 11 is 4.97. The molecule has 0 unspecified atom stereocenters. The number of non-ortho nitro benzene ring substituents is 1. The Bertz CT molecular complexity index is 517. The van der Waals surface area contributed by atoms with Crippen LogP contribution in [0.2, 0.25) is 0 Å². The molecule has 1 saturated heterocycles. The molecule has 0 aliphatic carbocycles. The van der Waals surface area contributed by atoms with Crippen molar-refractivity contribution in [3.8, 4) is 0 Å². The molecule has 0 bridgehead atoms. The highest BCUT2D eigenvalue weighted by atomic mass is 32.1. The van der Waals surface area contributed by atoms with Gasteiger partial charge in [0.15, 0.2) is 4.99 Å². The Morgan fingerprint density at radius 3 is 2.82 bits per heavy atom. The fraction of sp³-hybridized carbons (Fsp3) is 0.200. The van der Waals surface area contributed by atoms with E-state index in [1.54, 1.807) is 24.1 Å². The first-order valence-corrected chi connectivity index (χ1v) is 5.18. The van der Waals surface area contributed by atoms with Gasteiger partial charge in [-0.3, -0.25) is 15.5 Å². The molecule has 0 aromatic heterocycles. The van der Waals surface area contributed by atoms with E-state index in [1.165, 1.54) is 12.1 Å². The number of benzene rings is 1. The molecule has 1 fully saturated rings. The number of thiocarbonyl (C=S) groups is 1. The van der Waals surface area contributed by atoms with E-state index in [2.05, 4.69) is 0 Å². The first-order valence-electron chi connectivity index (χ1n) is 4.77. The Kier molecular flexibility index (Phi) is 2.76. The molecular weight excluding hydrogens is 242 g/mol. The monoisotopic (exact) mass is 251 g/mol. The topological polar surface area (TPSA) is 79.5 Å². The molecule has 17 heavy (non-hydrogen) atoms. The zero-order valence-corrected chi connectivity index (χ0v) is 9.73. The van der Waals surface area contributed by atoms with Gasteiger partial charge >= 0.3 is 0 Å². The lowest BCUT2D eigenvalue weighted by Gasteiger charge is -2.18. The maximum atomic E-state index is 10.7. The number of nitro benzene ring substituents is 1. The second-order valence-corrected chi connectivity index (χ2v) is 3.95. The summed E-state index contributed by atoms with van der Waals surface area (Å²) in [5.74, 6) is -0.0843. The molecule has 0 saturated carbocycles. The largest absolute Gasteiger partial charge is 0.447 e. The lowest BCUT2D eigenvalue weighted by atomic mass is 10.1. The predicted molar refractivity (Wildman–Crippen MR) is 65.0 cm³/mol. The van der Waals surface area contributed by atoms with Crippen LogP contribution in [0, 0.1) is 15.5 Å². The number of hydrogen-bond donors (Lipinski definition) is 1. The minimum atomic E-state index is -0.560. The number of ether oxygens (including phenoxy) is 1. The molecule has 7 heteroatoms. The van der Waals surface area contributed by atoms with Gasteiger partial charge in [-0.25, -0.2) is 0 Å². The molecule has 2 rings (SSSR count). The van der Waals surface area contributed by atoms with Crippen molar-refractivity contribution in [2.45, 2.75) is 6.23 Å². The van der Waals surface area contributed by atoms with Gasteiger partial charge in [-0.05, 0) is 0 Å².